The number of nitrogens with one attached hydrogen (secondary N) is 3. The van der Waals surface area contributed by atoms with Gasteiger partial charge in [-0.1, -0.05) is 5.21 Å². The summed E-state index contributed by atoms with van der Waals surface area (Å²) in [5.74, 6) is 0.292. The lowest BCUT2D eigenvalue weighted by molar-refractivity contribution is 0.560. The number of nitrogens with zero attached hydrogens (tertiary/aromatic N) is 4. The van der Waals surface area contributed by atoms with E-state index in [1.54, 1.807) is 37.8 Å². The average molecular weight is 299 g/mol. The normalized spacial score (nSPS) is 13.6. The zero-order valence-corrected chi connectivity index (χ0v) is 12.3. The molecule has 1 atom stereocenters. The highest BCUT2D eigenvalue weighted by molar-refractivity contribution is 7.89. The number of aromatic nitrogens is 5. The van der Waals surface area contributed by atoms with Crippen LogP contribution in [0, 0.1) is 0 Å². The first-order chi connectivity index (χ1) is 9.44. The van der Waals surface area contributed by atoms with E-state index in [1.807, 2.05) is 0 Å². The van der Waals surface area contributed by atoms with Gasteiger partial charge in [-0.3, -0.25) is 0 Å². The third-order valence-electron chi connectivity index (χ3n) is 2.83. The maximum absolute atomic E-state index is 12.3. The summed E-state index contributed by atoms with van der Waals surface area (Å²) in [4.78, 5) is 0.209. The Morgan fingerprint density at radius 3 is 2.85 bits per heavy atom. The van der Waals surface area contributed by atoms with Gasteiger partial charge < -0.3 is 9.88 Å². The van der Waals surface area contributed by atoms with Crippen molar-refractivity contribution < 1.29 is 8.42 Å². The molecule has 1 unspecified atom stereocenters. The number of rotatable bonds is 6. The topological polar surface area (TPSA) is 118 Å². The van der Waals surface area contributed by atoms with E-state index >= 15 is 0 Å². The Bertz CT molecular complexity index is 662. The van der Waals surface area contributed by atoms with Gasteiger partial charge in [0.25, 0.3) is 0 Å². The summed E-state index contributed by atoms with van der Waals surface area (Å²) in [6.07, 6.45) is 1.57. The zero-order valence-electron chi connectivity index (χ0n) is 11.5. The van der Waals surface area contributed by atoms with Crippen LogP contribution >= 0.6 is 0 Å². The van der Waals surface area contributed by atoms with Gasteiger partial charge >= 0.3 is 0 Å². The molecule has 0 fully saturated rings. The molecule has 0 amide bonds. The summed E-state index contributed by atoms with van der Waals surface area (Å²) in [7, 11) is -0.0226. The minimum atomic E-state index is -3.63. The predicted molar refractivity (Wildman–Crippen MR) is 71.1 cm³/mol. The molecule has 110 valence electrons. The summed E-state index contributed by atoms with van der Waals surface area (Å²) in [6.45, 7) is 2.24. The standard InChI is InChI=1S/C10H17N7O2S/c1-7(10-12-15-16-13-10)14-20(18,19)9-4-8(5-11-2)17(3)6-9/h4,6-7,11,14H,5H2,1-3H3,(H,12,13,15,16). The molecule has 0 saturated heterocycles. The Balaban J connectivity index is 2.20. The molecule has 2 aromatic heterocycles. The third kappa shape index (κ3) is 3.03. The third-order valence-corrected chi connectivity index (χ3v) is 4.34. The monoisotopic (exact) mass is 299 g/mol. The quantitative estimate of drug-likeness (QED) is 0.649. The number of H-pyrrole nitrogens is 1. The average Bonchev–Trinajstić information content (AvgIpc) is 3.00. The van der Waals surface area contributed by atoms with Gasteiger partial charge in [-0.2, -0.15) is 5.21 Å². The molecular formula is C10H17N7O2S. The summed E-state index contributed by atoms with van der Waals surface area (Å²) in [5.41, 5.74) is 0.875. The maximum atomic E-state index is 12.3. The molecule has 3 N–H and O–H groups in total. The fourth-order valence-corrected chi connectivity index (χ4v) is 3.08. The molecule has 0 radical (unpaired) electrons. The molecule has 0 spiro atoms. The van der Waals surface area contributed by atoms with E-state index < -0.39 is 16.1 Å². The first-order valence-electron chi connectivity index (χ1n) is 5.99. The second kappa shape index (κ2) is 5.69. The smallest absolute Gasteiger partial charge is 0.242 e. The molecule has 0 bridgehead atoms. The Morgan fingerprint density at radius 1 is 1.50 bits per heavy atom. The molecule has 10 heteroatoms. The maximum Gasteiger partial charge on any atom is 0.242 e. The lowest BCUT2D eigenvalue weighted by Gasteiger charge is -2.09. The van der Waals surface area contributed by atoms with Crippen LogP contribution in [0.3, 0.4) is 0 Å². The van der Waals surface area contributed by atoms with Crippen LogP contribution in [-0.4, -0.2) is 40.7 Å². The van der Waals surface area contributed by atoms with Crippen molar-refractivity contribution in [2.75, 3.05) is 7.05 Å². The van der Waals surface area contributed by atoms with E-state index in [0.717, 1.165) is 5.69 Å². The van der Waals surface area contributed by atoms with Crippen molar-refractivity contribution in [3.05, 3.63) is 23.8 Å². The van der Waals surface area contributed by atoms with Crippen LogP contribution in [0.15, 0.2) is 17.2 Å². The molecule has 0 saturated carbocycles. The molecule has 0 aliphatic heterocycles. The largest absolute Gasteiger partial charge is 0.352 e. The van der Waals surface area contributed by atoms with E-state index in [-0.39, 0.29) is 4.90 Å². The molecule has 2 rings (SSSR count). The van der Waals surface area contributed by atoms with Crippen molar-refractivity contribution in [1.29, 1.82) is 0 Å². The fraction of sp³-hybridized carbons (Fsp3) is 0.500. The highest BCUT2D eigenvalue weighted by Crippen LogP contribution is 2.16. The van der Waals surface area contributed by atoms with Crippen LogP contribution in [0.2, 0.25) is 0 Å². The molecule has 0 aliphatic carbocycles. The van der Waals surface area contributed by atoms with Crippen molar-refractivity contribution in [3.8, 4) is 0 Å². The van der Waals surface area contributed by atoms with Crippen LogP contribution in [0.1, 0.15) is 24.5 Å². The van der Waals surface area contributed by atoms with Gasteiger partial charge in [0.05, 0.1) is 10.9 Å². The molecule has 9 nitrogen and oxygen atoms in total. The van der Waals surface area contributed by atoms with E-state index in [1.165, 1.54) is 0 Å². The van der Waals surface area contributed by atoms with Gasteiger partial charge in [0.2, 0.25) is 10.0 Å². The van der Waals surface area contributed by atoms with E-state index in [4.69, 9.17) is 0 Å². The van der Waals surface area contributed by atoms with E-state index in [9.17, 15) is 8.42 Å². The summed E-state index contributed by atoms with van der Waals surface area (Å²) < 4.78 is 28.8. The second-order valence-electron chi connectivity index (χ2n) is 4.42. The lowest BCUT2D eigenvalue weighted by Crippen LogP contribution is -2.27. The van der Waals surface area contributed by atoms with Crippen molar-refractivity contribution in [2.24, 2.45) is 7.05 Å². The van der Waals surface area contributed by atoms with Gasteiger partial charge in [0.1, 0.15) is 0 Å². The van der Waals surface area contributed by atoms with Crippen molar-refractivity contribution >= 4 is 10.0 Å². The van der Waals surface area contributed by atoms with E-state index in [2.05, 4.69) is 30.7 Å². The first kappa shape index (κ1) is 14.6. The molecule has 2 heterocycles. The Hall–Kier alpha value is -1.78. The Labute approximate surface area is 116 Å². The number of hydrogen-bond donors (Lipinski definition) is 3. The Morgan fingerprint density at radius 2 is 2.25 bits per heavy atom. The van der Waals surface area contributed by atoms with Gasteiger partial charge in [-0.25, -0.2) is 13.1 Å². The van der Waals surface area contributed by atoms with Crippen molar-refractivity contribution in [2.45, 2.75) is 24.4 Å². The van der Waals surface area contributed by atoms with Crippen molar-refractivity contribution in [1.82, 2.24) is 35.2 Å². The summed E-state index contributed by atoms with van der Waals surface area (Å²) in [6, 6.07) is 1.06. The molecule has 2 aromatic rings. The van der Waals surface area contributed by atoms with Crippen LogP contribution in [-0.2, 0) is 23.6 Å². The second-order valence-corrected chi connectivity index (χ2v) is 6.14. The number of sulfonamides is 1. The van der Waals surface area contributed by atoms with Crippen LogP contribution in [0.5, 0.6) is 0 Å². The van der Waals surface area contributed by atoms with Crippen LogP contribution in [0.25, 0.3) is 0 Å². The Kier molecular flexibility index (Phi) is 4.16. The van der Waals surface area contributed by atoms with Gasteiger partial charge in [-0.05, 0) is 20.0 Å². The molecule has 20 heavy (non-hydrogen) atoms. The van der Waals surface area contributed by atoms with Gasteiger partial charge in [0, 0.05) is 25.5 Å². The molecular weight excluding hydrogens is 282 g/mol. The minimum Gasteiger partial charge on any atom is -0.352 e. The zero-order chi connectivity index (χ0) is 14.8. The summed E-state index contributed by atoms with van der Waals surface area (Å²) >= 11 is 0. The van der Waals surface area contributed by atoms with Crippen LogP contribution in [0.4, 0.5) is 0 Å². The number of tetrazole rings is 1. The first-order valence-corrected chi connectivity index (χ1v) is 7.48. The molecule has 0 aromatic carbocycles. The fourth-order valence-electron chi connectivity index (χ4n) is 1.79. The minimum absolute atomic E-state index is 0.209. The molecule has 0 aliphatic rings. The van der Waals surface area contributed by atoms with Crippen molar-refractivity contribution in [3.63, 3.8) is 0 Å². The van der Waals surface area contributed by atoms with E-state index in [0.29, 0.717) is 12.4 Å². The SMILES string of the molecule is CNCc1cc(S(=O)(=O)NC(C)c2nn[nH]n2)cn1C. The highest BCUT2D eigenvalue weighted by Gasteiger charge is 2.22. The number of aromatic amines is 1. The van der Waals surface area contributed by atoms with Gasteiger partial charge in [0.15, 0.2) is 5.82 Å². The summed E-state index contributed by atoms with van der Waals surface area (Å²) in [5, 5.41) is 16.2. The van der Waals surface area contributed by atoms with Crippen LogP contribution < -0.4 is 10.0 Å². The lowest BCUT2D eigenvalue weighted by atomic mass is 10.4. The van der Waals surface area contributed by atoms with Gasteiger partial charge in [-0.15, -0.1) is 10.2 Å². The number of aryl methyl sites for hydroxylation is 1. The highest BCUT2D eigenvalue weighted by atomic mass is 32.2. The predicted octanol–water partition coefficient (Wildman–Crippen LogP) is -0.703. The number of hydrogen-bond acceptors (Lipinski definition) is 6.